The quantitative estimate of drug-likeness (QED) is 0.347. The summed E-state index contributed by atoms with van der Waals surface area (Å²) in [5.74, 6) is -0.182. The van der Waals surface area contributed by atoms with Crippen molar-refractivity contribution in [1.29, 1.82) is 0 Å². The third-order valence-electron chi connectivity index (χ3n) is 2.09. The maximum Gasteiger partial charge on any atom is 0.309 e. The highest BCUT2D eigenvalue weighted by molar-refractivity contribution is 5.70. The summed E-state index contributed by atoms with van der Waals surface area (Å²) >= 11 is 0. The molecule has 0 saturated carbocycles. The van der Waals surface area contributed by atoms with E-state index >= 15 is 0 Å². The summed E-state index contributed by atoms with van der Waals surface area (Å²) < 4.78 is 4.51. The van der Waals surface area contributed by atoms with Crippen LogP contribution in [0, 0.1) is 0 Å². The molecule has 0 rings (SSSR count). The molecule has 0 amide bonds. The van der Waals surface area contributed by atoms with Crippen LogP contribution in [0.1, 0.15) is 45.4 Å². The molecular formula is C13H22O2. The van der Waals surface area contributed by atoms with Crippen LogP contribution in [0.5, 0.6) is 0 Å². The van der Waals surface area contributed by atoms with Crippen molar-refractivity contribution < 1.29 is 9.53 Å². The topological polar surface area (TPSA) is 26.3 Å². The molecule has 15 heavy (non-hydrogen) atoms. The molecule has 0 aromatic heterocycles. The van der Waals surface area contributed by atoms with E-state index in [-0.39, 0.29) is 5.97 Å². The van der Waals surface area contributed by atoms with E-state index in [4.69, 9.17) is 0 Å². The standard InChI is InChI=1S/C13H22O2/c1-3-4-5-6-7-8-9-10-11-12-13(14)15-2/h7-8,10-11H,3-6,9,12H2,1-2H3/b8-7+,11-10+. The molecule has 0 unspecified atom stereocenters. The van der Waals surface area contributed by atoms with Crippen LogP contribution >= 0.6 is 0 Å². The molecule has 0 heterocycles. The molecule has 0 N–H and O–H groups in total. The van der Waals surface area contributed by atoms with Gasteiger partial charge in [-0.05, 0) is 19.3 Å². The minimum Gasteiger partial charge on any atom is -0.469 e. The van der Waals surface area contributed by atoms with Crippen molar-refractivity contribution >= 4 is 5.97 Å². The fourth-order valence-electron chi connectivity index (χ4n) is 1.16. The summed E-state index contributed by atoms with van der Waals surface area (Å²) in [6, 6.07) is 0. The average molecular weight is 210 g/mol. The lowest BCUT2D eigenvalue weighted by Crippen LogP contribution is -1.96. The Morgan fingerprint density at radius 1 is 1.13 bits per heavy atom. The number of hydrogen-bond donors (Lipinski definition) is 0. The van der Waals surface area contributed by atoms with Crippen LogP contribution in [0.15, 0.2) is 24.3 Å². The van der Waals surface area contributed by atoms with Gasteiger partial charge in [0.05, 0.1) is 13.5 Å². The average Bonchev–Trinajstić information content (AvgIpc) is 2.26. The zero-order valence-electron chi connectivity index (χ0n) is 9.87. The maximum absolute atomic E-state index is 10.7. The summed E-state index contributed by atoms with van der Waals surface area (Å²) in [4.78, 5) is 10.7. The number of carbonyl (C=O) groups is 1. The van der Waals surface area contributed by atoms with Crippen molar-refractivity contribution in [3.63, 3.8) is 0 Å². The molecule has 2 nitrogen and oxygen atoms in total. The summed E-state index contributed by atoms with van der Waals surface area (Å²) in [6.07, 6.45) is 14.5. The normalized spacial score (nSPS) is 11.3. The van der Waals surface area contributed by atoms with Gasteiger partial charge in [-0.15, -0.1) is 0 Å². The first-order chi connectivity index (χ1) is 7.31. The van der Waals surface area contributed by atoms with Crippen LogP contribution in [-0.2, 0) is 9.53 Å². The first-order valence-electron chi connectivity index (χ1n) is 5.68. The maximum atomic E-state index is 10.7. The number of ether oxygens (including phenoxy) is 1. The third kappa shape index (κ3) is 10.9. The Hall–Kier alpha value is -1.05. The van der Waals surface area contributed by atoms with Gasteiger partial charge in [-0.3, -0.25) is 4.79 Å². The van der Waals surface area contributed by atoms with Crippen molar-refractivity contribution in [2.75, 3.05) is 7.11 Å². The Balaban J connectivity index is 3.32. The lowest BCUT2D eigenvalue weighted by molar-refractivity contribution is -0.139. The molecule has 0 spiro atoms. The lowest BCUT2D eigenvalue weighted by atomic mass is 10.2. The Labute approximate surface area is 93.0 Å². The van der Waals surface area contributed by atoms with Gasteiger partial charge < -0.3 is 4.74 Å². The van der Waals surface area contributed by atoms with E-state index in [0.717, 1.165) is 6.42 Å². The van der Waals surface area contributed by atoms with Crippen LogP contribution in [0.25, 0.3) is 0 Å². The number of carbonyl (C=O) groups excluding carboxylic acids is 1. The minimum absolute atomic E-state index is 0.182. The molecule has 0 saturated heterocycles. The molecule has 0 bridgehead atoms. The molecule has 0 aliphatic rings. The van der Waals surface area contributed by atoms with E-state index in [9.17, 15) is 4.79 Å². The molecule has 86 valence electrons. The van der Waals surface area contributed by atoms with Gasteiger partial charge in [-0.25, -0.2) is 0 Å². The van der Waals surface area contributed by atoms with E-state index in [1.54, 1.807) is 0 Å². The second-order valence-corrected chi connectivity index (χ2v) is 3.45. The largest absolute Gasteiger partial charge is 0.469 e. The van der Waals surface area contributed by atoms with Crippen LogP contribution in [0.3, 0.4) is 0 Å². The number of methoxy groups -OCH3 is 1. The molecular weight excluding hydrogens is 188 g/mol. The molecule has 0 atom stereocenters. The Morgan fingerprint density at radius 2 is 1.87 bits per heavy atom. The van der Waals surface area contributed by atoms with Crippen LogP contribution in [0.4, 0.5) is 0 Å². The van der Waals surface area contributed by atoms with Gasteiger partial charge >= 0.3 is 5.97 Å². The number of unbranched alkanes of at least 4 members (excludes halogenated alkanes) is 3. The van der Waals surface area contributed by atoms with Crippen molar-refractivity contribution in [2.45, 2.75) is 45.4 Å². The second kappa shape index (κ2) is 11.0. The predicted octanol–water partition coefficient (Wildman–Crippen LogP) is 3.63. The van der Waals surface area contributed by atoms with Crippen LogP contribution in [-0.4, -0.2) is 13.1 Å². The predicted molar refractivity (Wildman–Crippen MR) is 63.7 cm³/mol. The van der Waals surface area contributed by atoms with Gasteiger partial charge in [0.2, 0.25) is 0 Å². The first-order valence-corrected chi connectivity index (χ1v) is 5.68. The smallest absolute Gasteiger partial charge is 0.309 e. The molecule has 0 aliphatic heterocycles. The molecule has 0 fully saturated rings. The summed E-state index contributed by atoms with van der Waals surface area (Å²) in [5, 5.41) is 0. The van der Waals surface area contributed by atoms with Crippen molar-refractivity contribution in [3.05, 3.63) is 24.3 Å². The monoisotopic (exact) mass is 210 g/mol. The summed E-state index contributed by atoms with van der Waals surface area (Å²) in [5.41, 5.74) is 0. The highest BCUT2D eigenvalue weighted by Gasteiger charge is 1.92. The van der Waals surface area contributed by atoms with E-state index in [1.165, 1.54) is 32.8 Å². The fourth-order valence-corrected chi connectivity index (χ4v) is 1.16. The van der Waals surface area contributed by atoms with E-state index in [1.807, 2.05) is 12.2 Å². The van der Waals surface area contributed by atoms with E-state index in [2.05, 4.69) is 23.8 Å². The van der Waals surface area contributed by atoms with Gasteiger partial charge in [0.25, 0.3) is 0 Å². The Kier molecular flexibility index (Phi) is 10.3. The SMILES string of the molecule is CCCCC/C=C/C/C=C/CC(=O)OC. The van der Waals surface area contributed by atoms with E-state index in [0.29, 0.717) is 6.42 Å². The third-order valence-corrected chi connectivity index (χ3v) is 2.09. The van der Waals surface area contributed by atoms with Crippen molar-refractivity contribution in [1.82, 2.24) is 0 Å². The molecule has 0 aromatic rings. The highest BCUT2D eigenvalue weighted by atomic mass is 16.5. The Bertz CT molecular complexity index is 205. The second-order valence-electron chi connectivity index (χ2n) is 3.45. The van der Waals surface area contributed by atoms with Gasteiger partial charge in [-0.2, -0.15) is 0 Å². The van der Waals surface area contributed by atoms with Gasteiger partial charge in [0.15, 0.2) is 0 Å². The first kappa shape index (κ1) is 13.9. The molecule has 0 aromatic carbocycles. The van der Waals surface area contributed by atoms with E-state index < -0.39 is 0 Å². The Morgan fingerprint density at radius 3 is 2.53 bits per heavy atom. The number of hydrogen-bond acceptors (Lipinski definition) is 2. The minimum atomic E-state index is -0.182. The van der Waals surface area contributed by atoms with Crippen LogP contribution < -0.4 is 0 Å². The number of allylic oxidation sites excluding steroid dienone is 3. The zero-order valence-corrected chi connectivity index (χ0v) is 9.87. The molecule has 0 radical (unpaired) electrons. The number of esters is 1. The highest BCUT2D eigenvalue weighted by Crippen LogP contribution is 2.00. The van der Waals surface area contributed by atoms with Crippen LogP contribution in [0.2, 0.25) is 0 Å². The number of rotatable bonds is 8. The zero-order chi connectivity index (χ0) is 11.4. The van der Waals surface area contributed by atoms with Gasteiger partial charge in [-0.1, -0.05) is 44.1 Å². The fraction of sp³-hybridized carbons (Fsp3) is 0.615. The summed E-state index contributed by atoms with van der Waals surface area (Å²) in [7, 11) is 1.41. The van der Waals surface area contributed by atoms with Gasteiger partial charge in [0, 0.05) is 0 Å². The lowest BCUT2D eigenvalue weighted by Gasteiger charge is -1.92. The van der Waals surface area contributed by atoms with Gasteiger partial charge in [0.1, 0.15) is 0 Å². The molecule has 0 aliphatic carbocycles. The van der Waals surface area contributed by atoms with Crippen molar-refractivity contribution in [2.24, 2.45) is 0 Å². The summed E-state index contributed by atoms with van der Waals surface area (Å²) in [6.45, 7) is 2.21. The molecule has 2 heteroatoms. The van der Waals surface area contributed by atoms with Crippen molar-refractivity contribution in [3.8, 4) is 0 Å².